The number of nitrogens with zero attached hydrogens (tertiary/aromatic N) is 2. The molecule has 4 amide bonds. The Balaban J connectivity index is 1.45. The highest BCUT2D eigenvalue weighted by Gasteiger charge is 2.43. The molecule has 208 valence electrons. The Kier molecular flexibility index (Phi) is 8.56. The Morgan fingerprint density at radius 3 is 2.58 bits per heavy atom. The van der Waals surface area contributed by atoms with Gasteiger partial charge in [0.25, 0.3) is 11.8 Å². The van der Waals surface area contributed by atoms with E-state index in [1.54, 1.807) is 6.07 Å². The van der Waals surface area contributed by atoms with Crippen LogP contribution in [-0.2, 0) is 32.0 Å². The molecule has 38 heavy (non-hydrogen) atoms. The summed E-state index contributed by atoms with van der Waals surface area (Å²) in [5.74, 6) is -1.73. The van der Waals surface area contributed by atoms with Gasteiger partial charge in [-0.15, -0.1) is 0 Å². The van der Waals surface area contributed by atoms with Gasteiger partial charge in [0, 0.05) is 39.1 Å². The van der Waals surface area contributed by atoms with Gasteiger partial charge in [0.15, 0.2) is 0 Å². The average molecular weight is 548 g/mol. The number of amides is 4. The van der Waals surface area contributed by atoms with Crippen molar-refractivity contribution in [2.45, 2.75) is 89.3 Å². The molecule has 2 fully saturated rings. The lowest BCUT2D eigenvalue weighted by Crippen LogP contribution is -2.55. The molecule has 1 unspecified atom stereocenters. The molecule has 1 aromatic rings. The summed E-state index contributed by atoms with van der Waals surface area (Å²) in [6.07, 6.45) is 2.90. The fourth-order valence-corrected chi connectivity index (χ4v) is 6.35. The van der Waals surface area contributed by atoms with Crippen molar-refractivity contribution < 1.29 is 33.0 Å². The lowest BCUT2D eigenvalue weighted by atomic mass is 9.82. The van der Waals surface area contributed by atoms with Gasteiger partial charge in [0.05, 0.1) is 0 Å². The van der Waals surface area contributed by atoms with Crippen molar-refractivity contribution in [1.29, 1.82) is 0 Å². The number of rotatable bonds is 9. The average Bonchev–Trinajstić information content (AvgIpc) is 3.14. The van der Waals surface area contributed by atoms with Crippen LogP contribution in [0.25, 0.3) is 0 Å². The Labute approximate surface area is 223 Å². The highest BCUT2D eigenvalue weighted by molar-refractivity contribution is 6.76. The van der Waals surface area contributed by atoms with Crippen LogP contribution in [0.15, 0.2) is 12.1 Å². The van der Waals surface area contributed by atoms with Crippen LogP contribution < -0.4 is 5.73 Å². The van der Waals surface area contributed by atoms with Crippen molar-refractivity contribution in [2.75, 3.05) is 13.3 Å². The number of likely N-dealkylation sites (tertiary alicyclic amines) is 1. The van der Waals surface area contributed by atoms with Gasteiger partial charge >= 0.3 is 6.09 Å². The van der Waals surface area contributed by atoms with E-state index in [-0.39, 0.29) is 49.6 Å². The number of carbonyl (C=O) groups is 4. The zero-order chi connectivity index (χ0) is 27.6. The molecule has 2 N–H and O–H groups in total. The van der Waals surface area contributed by atoms with Crippen LogP contribution in [-0.4, -0.2) is 67.2 Å². The van der Waals surface area contributed by atoms with Gasteiger partial charge in [-0.25, -0.2) is 9.18 Å². The molecule has 2 aliphatic heterocycles. The summed E-state index contributed by atoms with van der Waals surface area (Å²) in [6.45, 7) is 7.18. The second kappa shape index (κ2) is 11.5. The van der Waals surface area contributed by atoms with E-state index in [1.165, 1.54) is 11.0 Å². The van der Waals surface area contributed by atoms with E-state index in [2.05, 4.69) is 19.6 Å². The van der Waals surface area contributed by atoms with Gasteiger partial charge in [-0.2, -0.15) is 0 Å². The number of hydrogen-bond donors (Lipinski definition) is 1. The molecule has 3 atom stereocenters. The predicted octanol–water partition coefficient (Wildman–Crippen LogP) is 3.81. The fourth-order valence-electron chi connectivity index (χ4n) is 5.59. The number of ether oxygens (including phenoxy) is 2. The SMILES string of the molecule is C[Si](C)(C)CCOCN1C(=O)CCC(N2Cc3cc(C[C@H]4CCCC[C@@H]4OC(N)=O)c(F)cc3C2=O)C1=O. The normalized spacial score (nSPS) is 24.1. The molecule has 11 heteroatoms. The lowest BCUT2D eigenvalue weighted by molar-refractivity contribution is -0.158. The molecule has 0 bridgehead atoms. The lowest BCUT2D eigenvalue weighted by Gasteiger charge is -2.35. The highest BCUT2D eigenvalue weighted by atomic mass is 28.3. The van der Waals surface area contributed by atoms with E-state index in [0.29, 0.717) is 30.6 Å². The van der Waals surface area contributed by atoms with Crippen LogP contribution in [0, 0.1) is 11.7 Å². The third-order valence-corrected chi connectivity index (χ3v) is 9.47. The van der Waals surface area contributed by atoms with Crippen LogP contribution in [0.2, 0.25) is 25.7 Å². The molecule has 4 rings (SSSR count). The summed E-state index contributed by atoms with van der Waals surface area (Å²) in [6, 6.07) is 3.05. The maximum Gasteiger partial charge on any atom is 0.404 e. The number of imide groups is 1. The third-order valence-electron chi connectivity index (χ3n) is 7.77. The summed E-state index contributed by atoms with van der Waals surface area (Å²) in [5, 5.41) is 0. The van der Waals surface area contributed by atoms with Crippen LogP contribution in [0.5, 0.6) is 0 Å². The molecular weight excluding hydrogens is 509 g/mol. The van der Waals surface area contributed by atoms with Crippen molar-refractivity contribution in [3.63, 3.8) is 0 Å². The summed E-state index contributed by atoms with van der Waals surface area (Å²) >= 11 is 0. The van der Waals surface area contributed by atoms with Crippen molar-refractivity contribution >= 4 is 31.9 Å². The van der Waals surface area contributed by atoms with Gasteiger partial charge < -0.3 is 20.1 Å². The molecule has 1 saturated carbocycles. The Hall–Kier alpha value is -2.79. The number of carbonyl (C=O) groups excluding carboxylic acids is 4. The summed E-state index contributed by atoms with van der Waals surface area (Å²) in [4.78, 5) is 52.8. The minimum absolute atomic E-state index is 0.0579. The smallest absolute Gasteiger partial charge is 0.404 e. The number of primary amides is 1. The van der Waals surface area contributed by atoms with Gasteiger partial charge in [0.1, 0.15) is 24.7 Å². The van der Waals surface area contributed by atoms with E-state index < -0.39 is 37.8 Å². The van der Waals surface area contributed by atoms with Crippen LogP contribution >= 0.6 is 0 Å². The molecule has 3 aliphatic rings. The van der Waals surface area contributed by atoms with E-state index in [9.17, 15) is 19.2 Å². The molecule has 9 nitrogen and oxygen atoms in total. The Bertz CT molecular complexity index is 1110. The Morgan fingerprint density at radius 2 is 1.87 bits per heavy atom. The first-order valence-electron chi connectivity index (χ1n) is 13.4. The van der Waals surface area contributed by atoms with E-state index in [1.807, 2.05) is 0 Å². The minimum atomic E-state index is -1.32. The largest absolute Gasteiger partial charge is 0.446 e. The number of halogens is 1. The fraction of sp³-hybridized carbons (Fsp3) is 0.630. The van der Waals surface area contributed by atoms with Crippen molar-refractivity contribution in [3.8, 4) is 0 Å². The predicted molar refractivity (Wildman–Crippen MR) is 140 cm³/mol. The molecule has 0 radical (unpaired) electrons. The van der Waals surface area contributed by atoms with Crippen molar-refractivity contribution in [2.24, 2.45) is 11.7 Å². The molecule has 0 spiro atoms. The van der Waals surface area contributed by atoms with Gasteiger partial charge in [-0.05, 0) is 55.3 Å². The minimum Gasteiger partial charge on any atom is -0.446 e. The Morgan fingerprint density at radius 1 is 1.13 bits per heavy atom. The van der Waals surface area contributed by atoms with Crippen molar-refractivity contribution in [3.05, 3.63) is 34.6 Å². The monoisotopic (exact) mass is 547 g/mol. The summed E-state index contributed by atoms with van der Waals surface area (Å²) < 4.78 is 26.1. The zero-order valence-corrected chi connectivity index (χ0v) is 23.5. The van der Waals surface area contributed by atoms with Crippen LogP contribution in [0.4, 0.5) is 9.18 Å². The molecule has 1 saturated heterocycles. The molecule has 1 aliphatic carbocycles. The number of fused-ring (bicyclic) bond motifs is 1. The topological polar surface area (TPSA) is 119 Å². The zero-order valence-electron chi connectivity index (χ0n) is 22.5. The maximum atomic E-state index is 15.1. The molecule has 1 aromatic carbocycles. The number of piperidine rings is 1. The molecule has 0 aromatic heterocycles. The number of nitrogens with two attached hydrogens (primary N) is 1. The van der Waals surface area contributed by atoms with Gasteiger partial charge in [-0.3, -0.25) is 19.3 Å². The highest BCUT2D eigenvalue weighted by Crippen LogP contribution is 2.34. The number of hydrogen-bond acceptors (Lipinski definition) is 6. The first-order valence-corrected chi connectivity index (χ1v) is 17.2. The summed E-state index contributed by atoms with van der Waals surface area (Å²) in [7, 11) is -1.32. The van der Waals surface area contributed by atoms with E-state index >= 15 is 4.39 Å². The van der Waals surface area contributed by atoms with E-state index in [0.717, 1.165) is 30.2 Å². The van der Waals surface area contributed by atoms with Crippen LogP contribution in [0.1, 0.15) is 60.0 Å². The van der Waals surface area contributed by atoms with Crippen molar-refractivity contribution in [1.82, 2.24) is 9.80 Å². The summed E-state index contributed by atoms with van der Waals surface area (Å²) in [5.41, 5.74) is 6.57. The third kappa shape index (κ3) is 6.43. The maximum absolute atomic E-state index is 15.1. The molecular formula is C27H38FN3O6Si. The quantitative estimate of drug-likeness (QED) is 0.285. The number of benzene rings is 1. The van der Waals surface area contributed by atoms with Crippen LogP contribution in [0.3, 0.4) is 0 Å². The second-order valence-electron chi connectivity index (χ2n) is 11.8. The first-order chi connectivity index (χ1) is 17.9. The van der Waals surface area contributed by atoms with E-state index in [4.69, 9.17) is 15.2 Å². The standard InChI is InChI=1S/C27H38FN3O6Si/c1-38(2,3)11-10-36-16-31-24(32)9-8-22(26(31)34)30-15-19-13-18(21(28)14-20(19)25(30)33)12-17-6-4-5-7-23(17)37-27(29)35/h13-14,17,22-23H,4-12,15-16H2,1-3H3,(H2,29,35)/t17-,22?,23+/m1/s1. The first kappa shape index (κ1) is 28.2. The van der Waals surface area contributed by atoms with Gasteiger partial charge in [-0.1, -0.05) is 32.1 Å². The van der Waals surface area contributed by atoms with Gasteiger partial charge in [0.2, 0.25) is 5.91 Å². The second-order valence-corrected chi connectivity index (χ2v) is 17.4. The molecule has 2 heterocycles.